The molecule has 2 N–H and O–H groups in total. The van der Waals surface area contributed by atoms with Gasteiger partial charge in [0.15, 0.2) is 0 Å². The molecule has 3 heteroatoms. The fourth-order valence-corrected chi connectivity index (χ4v) is 1.88. The Labute approximate surface area is 96.2 Å². The van der Waals surface area contributed by atoms with E-state index < -0.39 is 0 Å². The number of amides is 1. The first-order chi connectivity index (χ1) is 7.77. The maximum atomic E-state index is 11.8. The second-order valence-corrected chi connectivity index (χ2v) is 4.30. The first kappa shape index (κ1) is 11.1. The number of benzene rings is 1. The lowest BCUT2D eigenvalue weighted by atomic mass is 10.0. The number of hydrogen-bond donors (Lipinski definition) is 2. The Kier molecular flexibility index (Phi) is 3.57. The molecule has 1 heterocycles. The van der Waals surface area contributed by atoms with E-state index in [-0.39, 0.29) is 5.91 Å². The molecule has 1 aliphatic heterocycles. The van der Waals surface area contributed by atoms with Gasteiger partial charge in [0.05, 0.1) is 0 Å². The Morgan fingerprint density at radius 1 is 1.50 bits per heavy atom. The summed E-state index contributed by atoms with van der Waals surface area (Å²) < 4.78 is 0. The van der Waals surface area contributed by atoms with Crippen LogP contribution in [0.25, 0.3) is 0 Å². The first-order valence-corrected chi connectivity index (χ1v) is 5.84. The molecule has 3 nitrogen and oxygen atoms in total. The van der Waals surface area contributed by atoms with Crippen molar-refractivity contribution in [2.24, 2.45) is 0 Å². The number of rotatable bonds is 4. The van der Waals surface area contributed by atoms with Crippen LogP contribution in [-0.2, 0) is 0 Å². The van der Waals surface area contributed by atoms with Gasteiger partial charge in [0, 0.05) is 18.2 Å². The van der Waals surface area contributed by atoms with Crippen molar-refractivity contribution in [3.8, 4) is 0 Å². The Morgan fingerprint density at radius 2 is 2.25 bits per heavy atom. The summed E-state index contributed by atoms with van der Waals surface area (Å²) in [4.78, 5) is 11.8. The molecule has 1 aromatic rings. The third kappa shape index (κ3) is 2.61. The van der Waals surface area contributed by atoms with Crippen molar-refractivity contribution in [1.82, 2.24) is 10.6 Å². The van der Waals surface area contributed by atoms with Gasteiger partial charge in [0.25, 0.3) is 5.91 Å². The standard InChI is InChI=1S/C13H18N2O/c1-10-4-2-3-5-12(10)13(16)15-9-7-11-6-8-14-11/h2-5,11,14H,6-9H2,1H3,(H,15,16). The van der Waals surface area contributed by atoms with Crippen LogP contribution >= 0.6 is 0 Å². The van der Waals surface area contributed by atoms with Crippen LogP contribution in [0.2, 0.25) is 0 Å². The highest BCUT2D eigenvalue weighted by atomic mass is 16.1. The Morgan fingerprint density at radius 3 is 2.88 bits per heavy atom. The topological polar surface area (TPSA) is 41.1 Å². The summed E-state index contributed by atoms with van der Waals surface area (Å²) in [6.07, 6.45) is 2.26. The summed E-state index contributed by atoms with van der Waals surface area (Å²) in [6.45, 7) is 3.84. The lowest BCUT2D eigenvalue weighted by Gasteiger charge is -2.27. The number of aryl methyl sites for hydroxylation is 1. The molecule has 0 bridgehead atoms. The van der Waals surface area contributed by atoms with E-state index in [1.807, 2.05) is 31.2 Å². The summed E-state index contributed by atoms with van der Waals surface area (Å²) in [6, 6.07) is 8.28. The van der Waals surface area contributed by atoms with Crippen molar-refractivity contribution < 1.29 is 4.79 Å². The summed E-state index contributed by atoms with van der Waals surface area (Å²) in [5.74, 6) is 0.0393. The molecule has 1 fully saturated rings. The molecular formula is C13H18N2O. The van der Waals surface area contributed by atoms with Crippen LogP contribution in [0.1, 0.15) is 28.8 Å². The van der Waals surface area contributed by atoms with Gasteiger partial charge in [-0.25, -0.2) is 0 Å². The highest BCUT2D eigenvalue weighted by Crippen LogP contribution is 2.08. The molecule has 0 aliphatic carbocycles. The van der Waals surface area contributed by atoms with Gasteiger partial charge in [0.2, 0.25) is 0 Å². The second kappa shape index (κ2) is 5.12. The number of hydrogen-bond acceptors (Lipinski definition) is 2. The lowest BCUT2D eigenvalue weighted by molar-refractivity contribution is 0.0950. The SMILES string of the molecule is Cc1ccccc1C(=O)NCCC1CCN1. The fourth-order valence-electron chi connectivity index (χ4n) is 1.88. The van der Waals surface area contributed by atoms with Crippen LogP contribution in [0.5, 0.6) is 0 Å². The molecule has 16 heavy (non-hydrogen) atoms. The van der Waals surface area contributed by atoms with Crippen molar-refractivity contribution in [3.05, 3.63) is 35.4 Å². The Bertz CT molecular complexity index is 372. The highest BCUT2D eigenvalue weighted by Gasteiger charge is 2.16. The molecule has 0 radical (unpaired) electrons. The Balaban J connectivity index is 1.81. The van der Waals surface area contributed by atoms with Gasteiger partial charge >= 0.3 is 0 Å². The maximum absolute atomic E-state index is 11.8. The molecule has 1 aliphatic rings. The largest absolute Gasteiger partial charge is 0.352 e. The molecule has 0 spiro atoms. The molecule has 1 aromatic carbocycles. The zero-order chi connectivity index (χ0) is 11.4. The first-order valence-electron chi connectivity index (χ1n) is 5.84. The monoisotopic (exact) mass is 218 g/mol. The molecule has 1 atom stereocenters. The molecular weight excluding hydrogens is 200 g/mol. The zero-order valence-corrected chi connectivity index (χ0v) is 9.62. The van der Waals surface area contributed by atoms with E-state index in [0.717, 1.165) is 30.6 Å². The smallest absolute Gasteiger partial charge is 0.251 e. The summed E-state index contributed by atoms with van der Waals surface area (Å²) in [5.41, 5.74) is 1.81. The van der Waals surface area contributed by atoms with Crippen molar-refractivity contribution in [1.29, 1.82) is 0 Å². The minimum atomic E-state index is 0.0393. The third-order valence-electron chi connectivity index (χ3n) is 3.09. The third-order valence-corrected chi connectivity index (χ3v) is 3.09. The minimum Gasteiger partial charge on any atom is -0.352 e. The van der Waals surface area contributed by atoms with Gasteiger partial charge < -0.3 is 10.6 Å². The van der Waals surface area contributed by atoms with E-state index in [4.69, 9.17) is 0 Å². The fraction of sp³-hybridized carbons (Fsp3) is 0.462. The van der Waals surface area contributed by atoms with Gasteiger partial charge in [-0.1, -0.05) is 18.2 Å². The highest BCUT2D eigenvalue weighted by molar-refractivity contribution is 5.95. The van der Waals surface area contributed by atoms with Crippen molar-refractivity contribution in [3.63, 3.8) is 0 Å². The summed E-state index contributed by atoms with van der Waals surface area (Å²) >= 11 is 0. The molecule has 1 amide bonds. The second-order valence-electron chi connectivity index (χ2n) is 4.30. The van der Waals surface area contributed by atoms with E-state index in [1.165, 1.54) is 6.42 Å². The molecule has 2 rings (SSSR count). The zero-order valence-electron chi connectivity index (χ0n) is 9.62. The van der Waals surface area contributed by atoms with E-state index >= 15 is 0 Å². The molecule has 1 unspecified atom stereocenters. The van der Waals surface area contributed by atoms with Crippen LogP contribution in [-0.4, -0.2) is 25.0 Å². The predicted octanol–water partition coefficient (Wildman–Crippen LogP) is 1.48. The normalized spacial score (nSPS) is 18.9. The van der Waals surface area contributed by atoms with Crippen LogP contribution in [0.15, 0.2) is 24.3 Å². The summed E-state index contributed by atoms with van der Waals surface area (Å²) in [5, 5.41) is 6.28. The number of carbonyl (C=O) groups is 1. The summed E-state index contributed by atoms with van der Waals surface area (Å²) in [7, 11) is 0. The van der Waals surface area contributed by atoms with E-state index in [1.54, 1.807) is 0 Å². The van der Waals surface area contributed by atoms with Gasteiger partial charge in [-0.05, 0) is 37.9 Å². The average molecular weight is 218 g/mol. The van der Waals surface area contributed by atoms with Crippen LogP contribution in [0.4, 0.5) is 0 Å². The molecule has 0 saturated carbocycles. The Hall–Kier alpha value is -1.35. The number of carbonyl (C=O) groups excluding carboxylic acids is 1. The van der Waals surface area contributed by atoms with E-state index in [2.05, 4.69) is 10.6 Å². The predicted molar refractivity (Wildman–Crippen MR) is 64.5 cm³/mol. The quantitative estimate of drug-likeness (QED) is 0.803. The minimum absolute atomic E-state index is 0.0393. The van der Waals surface area contributed by atoms with Crippen molar-refractivity contribution in [2.75, 3.05) is 13.1 Å². The van der Waals surface area contributed by atoms with E-state index in [0.29, 0.717) is 6.04 Å². The van der Waals surface area contributed by atoms with Crippen LogP contribution in [0.3, 0.4) is 0 Å². The molecule has 86 valence electrons. The van der Waals surface area contributed by atoms with Gasteiger partial charge in [-0.15, -0.1) is 0 Å². The molecule has 1 saturated heterocycles. The van der Waals surface area contributed by atoms with Crippen LogP contribution in [0, 0.1) is 6.92 Å². The number of nitrogens with one attached hydrogen (secondary N) is 2. The van der Waals surface area contributed by atoms with Crippen molar-refractivity contribution in [2.45, 2.75) is 25.8 Å². The maximum Gasteiger partial charge on any atom is 0.251 e. The van der Waals surface area contributed by atoms with Crippen molar-refractivity contribution >= 4 is 5.91 Å². The van der Waals surface area contributed by atoms with Crippen LogP contribution < -0.4 is 10.6 Å². The van der Waals surface area contributed by atoms with Gasteiger partial charge in [0.1, 0.15) is 0 Å². The average Bonchev–Trinajstić information content (AvgIpc) is 2.22. The lowest BCUT2D eigenvalue weighted by Crippen LogP contribution is -2.44. The van der Waals surface area contributed by atoms with Gasteiger partial charge in [-0.2, -0.15) is 0 Å². The van der Waals surface area contributed by atoms with E-state index in [9.17, 15) is 4.79 Å². The molecule has 0 aromatic heterocycles. The van der Waals surface area contributed by atoms with Gasteiger partial charge in [-0.3, -0.25) is 4.79 Å².